The molecule has 0 atom stereocenters. The number of benzene rings is 1. The summed E-state index contributed by atoms with van der Waals surface area (Å²) in [5, 5.41) is 5.09. The summed E-state index contributed by atoms with van der Waals surface area (Å²) in [5.41, 5.74) is 2.15. The van der Waals surface area contributed by atoms with Crippen LogP contribution in [0.25, 0.3) is 11.3 Å². The molecule has 1 aromatic carbocycles. The molecule has 2 heterocycles. The first kappa shape index (κ1) is 23.3. The Kier molecular flexibility index (Phi) is 6.15. The predicted octanol–water partition coefficient (Wildman–Crippen LogP) is 4.87. The number of aromatic nitrogens is 2. The predicted molar refractivity (Wildman–Crippen MR) is 127 cm³/mol. The van der Waals surface area contributed by atoms with Crippen molar-refractivity contribution in [3.05, 3.63) is 36.5 Å². The molecule has 0 aliphatic carbocycles. The SMILES string of the molecule is CC1(C)OB(c2cn(CCO[Si](C)(C)C(C)(C)C)nc2-c2ccccc2)OC1(C)C. The summed E-state index contributed by atoms with van der Waals surface area (Å²) in [6, 6.07) is 10.2. The van der Waals surface area contributed by atoms with E-state index in [1.807, 2.05) is 22.9 Å². The minimum absolute atomic E-state index is 0.195. The third-order valence-corrected chi connectivity index (χ3v) is 11.5. The number of hydrogen-bond donors (Lipinski definition) is 0. The molecule has 164 valence electrons. The van der Waals surface area contributed by atoms with Gasteiger partial charge in [-0.3, -0.25) is 4.68 Å². The molecule has 1 aromatic heterocycles. The second-order valence-electron chi connectivity index (χ2n) is 10.8. The normalized spacial score (nSPS) is 18.8. The first-order valence-corrected chi connectivity index (χ1v) is 13.8. The van der Waals surface area contributed by atoms with Gasteiger partial charge in [-0.05, 0) is 45.8 Å². The fourth-order valence-corrected chi connectivity index (χ4v) is 4.16. The summed E-state index contributed by atoms with van der Waals surface area (Å²) in [5.74, 6) is 0. The van der Waals surface area contributed by atoms with Crippen molar-refractivity contribution in [2.45, 2.75) is 84.3 Å². The first-order valence-electron chi connectivity index (χ1n) is 10.9. The van der Waals surface area contributed by atoms with E-state index in [9.17, 15) is 0 Å². The molecule has 0 bridgehead atoms. The highest BCUT2D eigenvalue weighted by Crippen LogP contribution is 2.38. The van der Waals surface area contributed by atoms with Gasteiger partial charge in [0.15, 0.2) is 8.32 Å². The topological polar surface area (TPSA) is 45.5 Å². The smallest absolute Gasteiger partial charge is 0.415 e. The van der Waals surface area contributed by atoms with Crippen molar-refractivity contribution in [1.82, 2.24) is 9.78 Å². The van der Waals surface area contributed by atoms with E-state index >= 15 is 0 Å². The van der Waals surface area contributed by atoms with Gasteiger partial charge in [-0.1, -0.05) is 51.1 Å². The molecule has 1 aliphatic rings. The Balaban J connectivity index is 1.85. The highest BCUT2D eigenvalue weighted by Gasteiger charge is 2.52. The first-order chi connectivity index (χ1) is 13.7. The van der Waals surface area contributed by atoms with Gasteiger partial charge >= 0.3 is 7.12 Å². The molecule has 30 heavy (non-hydrogen) atoms. The van der Waals surface area contributed by atoms with Gasteiger partial charge in [0, 0.05) is 17.2 Å². The summed E-state index contributed by atoms with van der Waals surface area (Å²) >= 11 is 0. The maximum atomic E-state index is 6.36. The molecule has 3 rings (SSSR count). The molecule has 1 aliphatic heterocycles. The van der Waals surface area contributed by atoms with Crippen molar-refractivity contribution < 1.29 is 13.7 Å². The van der Waals surface area contributed by atoms with Crippen LogP contribution in [-0.2, 0) is 20.3 Å². The van der Waals surface area contributed by atoms with Crippen molar-refractivity contribution in [3.63, 3.8) is 0 Å². The van der Waals surface area contributed by atoms with E-state index in [0.717, 1.165) is 16.7 Å². The molecule has 0 radical (unpaired) electrons. The molecule has 0 unspecified atom stereocenters. The monoisotopic (exact) mass is 428 g/mol. The molecular formula is C23H37BN2O3Si. The van der Waals surface area contributed by atoms with Crippen molar-refractivity contribution in [1.29, 1.82) is 0 Å². The van der Waals surface area contributed by atoms with E-state index in [0.29, 0.717) is 13.2 Å². The van der Waals surface area contributed by atoms with E-state index < -0.39 is 15.4 Å². The molecule has 5 nitrogen and oxygen atoms in total. The third-order valence-electron chi connectivity index (χ3n) is 6.93. The van der Waals surface area contributed by atoms with E-state index in [1.165, 1.54) is 0 Å². The maximum absolute atomic E-state index is 6.36. The zero-order chi connectivity index (χ0) is 22.4. The van der Waals surface area contributed by atoms with E-state index in [4.69, 9.17) is 18.8 Å². The number of hydrogen-bond acceptors (Lipinski definition) is 4. The van der Waals surface area contributed by atoms with Crippen LogP contribution in [0, 0.1) is 0 Å². The Hall–Kier alpha value is -1.41. The Bertz CT molecular complexity index is 856. The lowest BCUT2D eigenvalue weighted by Crippen LogP contribution is -2.41. The van der Waals surface area contributed by atoms with Crippen LogP contribution in [0.15, 0.2) is 36.5 Å². The lowest BCUT2D eigenvalue weighted by Gasteiger charge is -2.36. The van der Waals surface area contributed by atoms with Crippen LogP contribution in [0.1, 0.15) is 48.5 Å². The molecule has 0 spiro atoms. The van der Waals surface area contributed by atoms with Crippen LogP contribution in [0.2, 0.25) is 18.1 Å². The minimum atomic E-state index is -1.78. The van der Waals surface area contributed by atoms with Crippen molar-refractivity contribution in [2.24, 2.45) is 0 Å². The lowest BCUT2D eigenvalue weighted by molar-refractivity contribution is 0.00578. The molecule has 7 heteroatoms. The van der Waals surface area contributed by atoms with Crippen LogP contribution in [-0.4, -0.2) is 43.0 Å². The molecular weight excluding hydrogens is 391 g/mol. The highest BCUT2D eigenvalue weighted by atomic mass is 28.4. The summed E-state index contributed by atoms with van der Waals surface area (Å²) in [6.07, 6.45) is 2.06. The summed E-state index contributed by atoms with van der Waals surface area (Å²) in [7, 11) is -2.23. The Labute approximate surface area is 183 Å². The molecule has 0 amide bonds. The van der Waals surface area contributed by atoms with Gasteiger partial charge in [0.1, 0.15) is 0 Å². The maximum Gasteiger partial charge on any atom is 0.498 e. The van der Waals surface area contributed by atoms with Gasteiger partial charge in [0.05, 0.1) is 30.0 Å². The summed E-state index contributed by atoms with van der Waals surface area (Å²) < 4.78 is 21.0. The fourth-order valence-electron chi connectivity index (χ4n) is 3.13. The van der Waals surface area contributed by atoms with Crippen molar-refractivity contribution in [2.75, 3.05) is 6.61 Å². The lowest BCUT2D eigenvalue weighted by atomic mass is 9.78. The zero-order valence-electron chi connectivity index (χ0n) is 20.1. The summed E-state index contributed by atoms with van der Waals surface area (Å²) in [4.78, 5) is 0. The van der Waals surface area contributed by atoms with Crippen LogP contribution >= 0.6 is 0 Å². The van der Waals surface area contributed by atoms with Gasteiger partial charge in [-0.25, -0.2) is 0 Å². The van der Waals surface area contributed by atoms with Crippen LogP contribution in [0.3, 0.4) is 0 Å². The zero-order valence-corrected chi connectivity index (χ0v) is 21.1. The van der Waals surface area contributed by atoms with Crippen LogP contribution in [0.4, 0.5) is 0 Å². The van der Waals surface area contributed by atoms with Gasteiger partial charge < -0.3 is 13.7 Å². The van der Waals surface area contributed by atoms with Gasteiger partial charge in [-0.15, -0.1) is 0 Å². The summed E-state index contributed by atoms with van der Waals surface area (Å²) in [6.45, 7) is 21.0. The Morgan fingerprint density at radius 3 is 2.13 bits per heavy atom. The van der Waals surface area contributed by atoms with Crippen LogP contribution < -0.4 is 5.46 Å². The average Bonchev–Trinajstić information content (AvgIpc) is 3.13. The van der Waals surface area contributed by atoms with E-state index in [2.05, 4.69) is 79.9 Å². The van der Waals surface area contributed by atoms with Crippen LogP contribution in [0.5, 0.6) is 0 Å². The number of rotatable bonds is 6. The average molecular weight is 428 g/mol. The quantitative estimate of drug-likeness (QED) is 0.616. The Morgan fingerprint density at radius 1 is 1.03 bits per heavy atom. The van der Waals surface area contributed by atoms with Gasteiger partial charge in [-0.2, -0.15) is 5.10 Å². The second kappa shape index (κ2) is 7.93. The second-order valence-corrected chi connectivity index (χ2v) is 15.6. The minimum Gasteiger partial charge on any atom is -0.415 e. The number of nitrogens with zero attached hydrogens (tertiary/aromatic N) is 2. The van der Waals surface area contributed by atoms with E-state index in [1.54, 1.807) is 0 Å². The largest absolute Gasteiger partial charge is 0.498 e. The van der Waals surface area contributed by atoms with Crippen molar-refractivity contribution in [3.8, 4) is 11.3 Å². The molecule has 2 aromatic rings. The highest BCUT2D eigenvalue weighted by molar-refractivity contribution is 6.74. The fraction of sp³-hybridized carbons (Fsp3) is 0.609. The standard InChI is InChI=1S/C23H37BN2O3Si/c1-21(2,3)30(8,9)27-16-15-26-17-19(20(25-26)18-13-11-10-12-14-18)24-28-22(4,5)23(6,7)29-24/h10-14,17H,15-16H2,1-9H3. The third kappa shape index (κ3) is 4.59. The van der Waals surface area contributed by atoms with Gasteiger partial charge in [0.2, 0.25) is 0 Å². The molecule has 0 saturated carbocycles. The van der Waals surface area contributed by atoms with Crippen molar-refractivity contribution >= 4 is 20.9 Å². The van der Waals surface area contributed by atoms with E-state index in [-0.39, 0.29) is 16.2 Å². The Morgan fingerprint density at radius 2 is 1.60 bits per heavy atom. The molecule has 1 fully saturated rings. The molecule has 0 N–H and O–H groups in total. The molecule has 1 saturated heterocycles. The van der Waals surface area contributed by atoms with Gasteiger partial charge in [0.25, 0.3) is 0 Å².